The van der Waals surface area contributed by atoms with Crippen molar-refractivity contribution in [3.05, 3.63) is 11.8 Å². The molecule has 6 heteroatoms. The number of carbonyl (C=O) groups excluding carboxylic acids is 1. The van der Waals surface area contributed by atoms with Crippen molar-refractivity contribution in [3.63, 3.8) is 0 Å². The quantitative estimate of drug-likeness (QED) is 0.547. The van der Waals surface area contributed by atoms with Crippen molar-refractivity contribution in [1.82, 2.24) is 4.90 Å². The number of hydrogen-bond acceptors (Lipinski definition) is 3. The first-order valence-electron chi connectivity index (χ1n) is 3.13. The number of nitrogens with zero attached hydrogens (tertiary/aromatic N) is 2. The molecule has 0 unspecified atom stereocenters. The molecular weight excluding hydrogens is 162 g/mol. The highest BCUT2D eigenvalue weighted by Gasteiger charge is 2.17. The summed E-state index contributed by atoms with van der Waals surface area (Å²) in [5, 5.41) is 8.49. The molecule has 0 fully saturated rings. The first-order chi connectivity index (χ1) is 5.61. The van der Waals surface area contributed by atoms with E-state index in [1.165, 1.54) is 6.20 Å². The lowest BCUT2D eigenvalue weighted by Crippen LogP contribution is -2.35. The van der Waals surface area contributed by atoms with Gasteiger partial charge < -0.3 is 10.8 Å². The molecule has 0 aromatic rings. The van der Waals surface area contributed by atoms with Gasteiger partial charge in [-0.1, -0.05) is 0 Å². The van der Waals surface area contributed by atoms with E-state index in [2.05, 4.69) is 4.99 Å². The summed E-state index contributed by atoms with van der Waals surface area (Å²) >= 11 is 0. The van der Waals surface area contributed by atoms with E-state index in [1.54, 1.807) is 0 Å². The van der Waals surface area contributed by atoms with Crippen LogP contribution in [0.4, 0.5) is 4.79 Å². The van der Waals surface area contributed by atoms with Crippen LogP contribution in [0.15, 0.2) is 16.8 Å². The second kappa shape index (κ2) is 3.04. The largest absolute Gasteiger partial charge is 0.465 e. The van der Waals surface area contributed by atoms with Crippen LogP contribution in [-0.4, -0.2) is 34.9 Å². The number of primary amides is 1. The van der Waals surface area contributed by atoms with E-state index in [1.807, 2.05) is 0 Å². The van der Waals surface area contributed by atoms with Gasteiger partial charge in [-0.05, 0) is 0 Å². The SMILES string of the molecule is NC(=O)C1=CN=CN(C(=O)O)C1. The molecule has 1 rings (SSSR count). The fourth-order valence-corrected chi connectivity index (χ4v) is 0.728. The molecule has 0 atom stereocenters. The van der Waals surface area contributed by atoms with Crippen molar-refractivity contribution < 1.29 is 14.7 Å². The van der Waals surface area contributed by atoms with Crippen LogP contribution in [0.3, 0.4) is 0 Å². The van der Waals surface area contributed by atoms with Gasteiger partial charge in [0.05, 0.1) is 12.1 Å². The third kappa shape index (κ3) is 1.60. The van der Waals surface area contributed by atoms with E-state index in [0.717, 1.165) is 11.2 Å². The second-order valence-electron chi connectivity index (χ2n) is 2.19. The van der Waals surface area contributed by atoms with E-state index in [4.69, 9.17) is 10.8 Å². The summed E-state index contributed by atoms with van der Waals surface area (Å²) < 4.78 is 0. The van der Waals surface area contributed by atoms with Crippen LogP contribution in [0.5, 0.6) is 0 Å². The average Bonchev–Trinajstić information content (AvgIpc) is 2.04. The molecule has 0 aliphatic carbocycles. The molecule has 3 N–H and O–H groups in total. The van der Waals surface area contributed by atoms with E-state index >= 15 is 0 Å². The van der Waals surface area contributed by atoms with Gasteiger partial charge in [-0.25, -0.2) is 9.79 Å². The Morgan fingerprint density at radius 3 is 2.83 bits per heavy atom. The molecule has 6 nitrogen and oxygen atoms in total. The zero-order valence-corrected chi connectivity index (χ0v) is 6.10. The van der Waals surface area contributed by atoms with Crippen LogP contribution in [0.25, 0.3) is 0 Å². The minimum atomic E-state index is -1.16. The van der Waals surface area contributed by atoms with Crippen molar-refractivity contribution in [2.75, 3.05) is 6.54 Å². The molecule has 0 aromatic heterocycles. The van der Waals surface area contributed by atoms with Gasteiger partial charge in [0.1, 0.15) is 6.34 Å². The molecule has 0 saturated carbocycles. The van der Waals surface area contributed by atoms with E-state index in [-0.39, 0.29) is 12.1 Å². The maximum atomic E-state index is 10.6. The summed E-state index contributed by atoms with van der Waals surface area (Å²) in [5.41, 5.74) is 5.11. The fourth-order valence-electron chi connectivity index (χ4n) is 0.728. The molecule has 1 heterocycles. The topological polar surface area (TPSA) is 96.0 Å². The van der Waals surface area contributed by atoms with Gasteiger partial charge >= 0.3 is 6.09 Å². The van der Waals surface area contributed by atoms with Gasteiger partial charge in [0, 0.05) is 6.20 Å². The smallest absolute Gasteiger partial charge is 0.412 e. The zero-order chi connectivity index (χ0) is 9.14. The van der Waals surface area contributed by atoms with Crippen LogP contribution in [0, 0.1) is 0 Å². The number of rotatable bonds is 1. The average molecular weight is 169 g/mol. The maximum absolute atomic E-state index is 10.6. The van der Waals surface area contributed by atoms with Crippen molar-refractivity contribution in [2.45, 2.75) is 0 Å². The first kappa shape index (κ1) is 8.25. The number of carboxylic acid groups (broad SMARTS) is 1. The number of amides is 2. The summed E-state index contributed by atoms with van der Waals surface area (Å²) in [7, 11) is 0. The molecule has 0 bridgehead atoms. The zero-order valence-electron chi connectivity index (χ0n) is 6.10. The normalized spacial score (nSPS) is 15.7. The van der Waals surface area contributed by atoms with Crippen LogP contribution < -0.4 is 5.73 Å². The highest BCUT2D eigenvalue weighted by atomic mass is 16.4. The summed E-state index contributed by atoms with van der Waals surface area (Å²) in [6.07, 6.45) is 1.21. The van der Waals surface area contributed by atoms with Gasteiger partial charge in [0.25, 0.3) is 0 Å². The van der Waals surface area contributed by atoms with Gasteiger partial charge in [0.2, 0.25) is 5.91 Å². The van der Waals surface area contributed by atoms with Gasteiger partial charge in [-0.15, -0.1) is 0 Å². The Kier molecular flexibility index (Phi) is 2.09. The minimum Gasteiger partial charge on any atom is -0.465 e. The van der Waals surface area contributed by atoms with E-state index in [9.17, 15) is 9.59 Å². The summed E-state index contributed by atoms with van der Waals surface area (Å²) in [6, 6.07) is 0. The second-order valence-corrected chi connectivity index (χ2v) is 2.19. The maximum Gasteiger partial charge on any atom is 0.412 e. The predicted octanol–water partition coefficient (Wildman–Crippen LogP) is -0.623. The third-order valence-electron chi connectivity index (χ3n) is 1.34. The first-order valence-corrected chi connectivity index (χ1v) is 3.13. The number of nitrogens with two attached hydrogens (primary N) is 1. The summed E-state index contributed by atoms with van der Waals surface area (Å²) in [4.78, 5) is 25.4. The highest BCUT2D eigenvalue weighted by Crippen LogP contribution is 2.02. The van der Waals surface area contributed by atoms with Crippen LogP contribution in [-0.2, 0) is 4.79 Å². The van der Waals surface area contributed by atoms with E-state index in [0.29, 0.717) is 0 Å². The molecule has 1 aliphatic heterocycles. The lowest BCUT2D eigenvalue weighted by Gasteiger charge is -2.16. The number of carbonyl (C=O) groups is 2. The molecule has 0 aromatic carbocycles. The molecule has 0 radical (unpaired) electrons. The number of hydrogen-bond donors (Lipinski definition) is 2. The molecule has 12 heavy (non-hydrogen) atoms. The van der Waals surface area contributed by atoms with Crippen LogP contribution in [0.2, 0.25) is 0 Å². The molecule has 0 saturated heterocycles. The molecule has 0 spiro atoms. The molecule has 1 aliphatic rings. The van der Waals surface area contributed by atoms with Gasteiger partial charge in [-0.3, -0.25) is 9.69 Å². The van der Waals surface area contributed by atoms with Crippen molar-refractivity contribution >= 4 is 18.3 Å². The minimum absolute atomic E-state index is 0.0336. The predicted molar refractivity (Wildman–Crippen MR) is 40.5 cm³/mol. The summed E-state index contributed by atoms with van der Waals surface area (Å²) in [5.74, 6) is -0.655. The standard InChI is InChI=1S/C6H7N3O3/c7-5(10)4-1-8-3-9(2-4)6(11)12/h1,3H,2H2,(H2,7,10)(H,11,12). The Morgan fingerprint density at radius 2 is 2.33 bits per heavy atom. The lowest BCUT2D eigenvalue weighted by atomic mass is 10.2. The Labute approximate surface area is 68.0 Å². The Morgan fingerprint density at radius 1 is 1.67 bits per heavy atom. The van der Waals surface area contributed by atoms with Crippen molar-refractivity contribution in [3.8, 4) is 0 Å². The van der Waals surface area contributed by atoms with Gasteiger partial charge in [-0.2, -0.15) is 0 Å². The van der Waals surface area contributed by atoms with Crippen LogP contribution in [0.1, 0.15) is 0 Å². The molecule has 2 amide bonds. The Balaban J connectivity index is 2.74. The Bertz CT molecular complexity index is 282. The van der Waals surface area contributed by atoms with Crippen molar-refractivity contribution in [1.29, 1.82) is 0 Å². The fraction of sp³-hybridized carbons (Fsp3) is 0.167. The monoisotopic (exact) mass is 169 g/mol. The molecular formula is C6H7N3O3. The third-order valence-corrected chi connectivity index (χ3v) is 1.34. The van der Waals surface area contributed by atoms with E-state index < -0.39 is 12.0 Å². The summed E-state index contributed by atoms with van der Waals surface area (Å²) in [6.45, 7) is -0.0336. The highest BCUT2D eigenvalue weighted by molar-refractivity contribution is 5.95. The van der Waals surface area contributed by atoms with Crippen LogP contribution >= 0.6 is 0 Å². The Hall–Kier alpha value is -1.85. The lowest BCUT2D eigenvalue weighted by molar-refractivity contribution is -0.114. The van der Waals surface area contributed by atoms with Gasteiger partial charge in [0.15, 0.2) is 0 Å². The van der Waals surface area contributed by atoms with Crippen molar-refractivity contribution in [2.24, 2.45) is 10.7 Å². The molecule has 64 valence electrons. The number of aliphatic imine (C=N–C) groups is 1.